The lowest BCUT2D eigenvalue weighted by atomic mass is 10.1. The molecule has 4 rings (SSSR count). The third-order valence-corrected chi connectivity index (χ3v) is 5.27. The number of hydrogen-bond acceptors (Lipinski definition) is 6. The fraction of sp³-hybridized carbons (Fsp3) is 0.222. The number of anilines is 1. The van der Waals surface area contributed by atoms with E-state index in [0.29, 0.717) is 5.65 Å². The van der Waals surface area contributed by atoms with Gasteiger partial charge >= 0.3 is 6.18 Å². The van der Waals surface area contributed by atoms with Gasteiger partial charge in [-0.2, -0.15) is 18.3 Å². The van der Waals surface area contributed by atoms with Gasteiger partial charge in [0, 0.05) is 19.2 Å². The molecular weight excluding hydrogens is 405 g/mol. The van der Waals surface area contributed by atoms with Crippen LogP contribution < -0.4 is 5.32 Å². The summed E-state index contributed by atoms with van der Waals surface area (Å²) in [6.07, 6.45) is -2.90. The highest BCUT2D eigenvalue weighted by molar-refractivity contribution is 8.13. The van der Waals surface area contributed by atoms with Crippen LogP contribution >= 0.6 is 11.8 Å². The van der Waals surface area contributed by atoms with Gasteiger partial charge in [0.25, 0.3) is 5.91 Å². The number of aromatic nitrogens is 3. The molecule has 0 saturated heterocycles. The van der Waals surface area contributed by atoms with Crippen LogP contribution in [0, 0.1) is 0 Å². The number of hydrogen-bond donors (Lipinski definition) is 1. The van der Waals surface area contributed by atoms with Crippen LogP contribution in [0.1, 0.15) is 15.9 Å². The van der Waals surface area contributed by atoms with Crippen molar-refractivity contribution in [3.8, 4) is 0 Å². The molecule has 11 heteroatoms. The molecule has 150 valence electrons. The Morgan fingerprint density at radius 2 is 1.93 bits per heavy atom. The molecule has 2 aromatic heterocycles. The van der Waals surface area contributed by atoms with Crippen molar-refractivity contribution < 1.29 is 18.0 Å². The van der Waals surface area contributed by atoms with Crippen LogP contribution in [0.3, 0.4) is 0 Å². The number of carbonyl (C=O) groups is 1. The van der Waals surface area contributed by atoms with Gasteiger partial charge in [-0.05, 0) is 48.2 Å². The molecule has 1 amide bonds. The van der Waals surface area contributed by atoms with E-state index < -0.39 is 17.6 Å². The number of likely N-dealkylation sites (N-methyl/N-ethyl adjacent to an activating group) is 1. The van der Waals surface area contributed by atoms with Gasteiger partial charge in [0.2, 0.25) is 0 Å². The van der Waals surface area contributed by atoms with Crippen LogP contribution in [0.4, 0.5) is 19.0 Å². The zero-order valence-corrected chi connectivity index (χ0v) is 16.0. The number of alkyl halides is 3. The van der Waals surface area contributed by atoms with E-state index in [1.54, 1.807) is 12.3 Å². The van der Waals surface area contributed by atoms with E-state index in [0.717, 1.165) is 47.5 Å². The molecule has 0 fully saturated rings. The largest absolute Gasteiger partial charge is 0.416 e. The van der Waals surface area contributed by atoms with Crippen molar-refractivity contribution in [1.29, 1.82) is 0 Å². The SMILES string of the molecule is CN1CCN=C1Sc1ccc2nc(NC(=O)c3ccc(C(F)(F)F)cc3)cn2n1. The first kappa shape index (κ1) is 19.2. The number of imidazole rings is 1. The van der Waals surface area contributed by atoms with Crippen LogP contribution in [0.5, 0.6) is 0 Å². The summed E-state index contributed by atoms with van der Waals surface area (Å²) in [5, 5.41) is 8.63. The Morgan fingerprint density at radius 3 is 2.59 bits per heavy atom. The predicted molar refractivity (Wildman–Crippen MR) is 103 cm³/mol. The van der Waals surface area contributed by atoms with E-state index in [1.165, 1.54) is 16.3 Å². The predicted octanol–water partition coefficient (Wildman–Crippen LogP) is 3.39. The second-order valence-corrected chi connectivity index (χ2v) is 7.31. The van der Waals surface area contributed by atoms with Crippen LogP contribution in [0.25, 0.3) is 5.65 Å². The topological polar surface area (TPSA) is 74.9 Å². The van der Waals surface area contributed by atoms with Crippen molar-refractivity contribution in [2.75, 3.05) is 25.5 Å². The number of rotatable bonds is 3. The minimum atomic E-state index is -4.45. The molecular formula is C18H15F3N6OS. The fourth-order valence-electron chi connectivity index (χ4n) is 2.69. The quantitative estimate of drug-likeness (QED) is 0.703. The van der Waals surface area contributed by atoms with Crippen molar-refractivity contribution in [2.45, 2.75) is 11.2 Å². The monoisotopic (exact) mass is 420 g/mol. The molecule has 0 aliphatic carbocycles. The number of carbonyl (C=O) groups excluding carboxylic acids is 1. The lowest BCUT2D eigenvalue weighted by Crippen LogP contribution is -2.19. The molecule has 1 aliphatic rings. The summed E-state index contributed by atoms with van der Waals surface area (Å²) in [6.45, 7) is 1.63. The maximum absolute atomic E-state index is 12.6. The molecule has 0 bridgehead atoms. The summed E-state index contributed by atoms with van der Waals surface area (Å²) < 4.78 is 39.4. The van der Waals surface area contributed by atoms with Crippen LogP contribution in [-0.2, 0) is 6.18 Å². The normalized spacial score (nSPS) is 14.3. The molecule has 0 saturated carbocycles. The lowest BCUT2D eigenvalue weighted by molar-refractivity contribution is -0.137. The summed E-state index contributed by atoms with van der Waals surface area (Å²) in [5.41, 5.74) is -0.186. The van der Waals surface area contributed by atoms with Crippen molar-refractivity contribution in [1.82, 2.24) is 19.5 Å². The van der Waals surface area contributed by atoms with Crippen molar-refractivity contribution in [3.05, 3.63) is 53.7 Å². The third-order valence-electron chi connectivity index (χ3n) is 4.22. The number of aliphatic imine (C=N–C) groups is 1. The fourth-order valence-corrected chi connectivity index (χ4v) is 3.55. The minimum Gasteiger partial charge on any atom is -0.352 e. The van der Waals surface area contributed by atoms with Gasteiger partial charge in [-0.3, -0.25) is 9.79 Å². The lowest BCUT2D eigenvalue weighted by Gasteiger charge is -2.11. The number of nitrogens with one attached hydrogen (secondary N) is 1. The van der Waals surface area contributed by atoms with Gasteiger partial charge < -0.3 is 10.2 Å². The number of nitrogens with zero attached hydrogens (tertiary/aromatic N) is 5. The maximum Gasteiger partial charge on any atom is 0.416 e. The molecule has 1 N–H and O–H groups in total. The molecule has 7 nitrogen and oxygen atoms in total. The molecule has 0 radical (unpaired) electrons. The zero-order valence-electron chi connectivity index (χ0n) is 15.1. The van der Waals surface area contributed by atoms with Gasteiger partial charge in [-0.1, -0.05) is 0 Å². The second-order valence-electron chi connectivity index (χ2n) is 6.32. The molecule has 0 unspecified atom stereocenters. The molecule has 3 heterocycles. The second kappa shape index (κ2) is 7.39. The Hall–Kier alpha value is -3.08. The highest BCUT2D eigenvalue weighted by Crippen LogP contribution is 2.29. The average molecular weight is 420 g/mol. The van der Waals surface area contributed by atoms with Gasteiger partial charge in [0.1, 0.15) is 5.03 Å². The van der Waals surface area contributed by atoms with Gasteiger partial charge in [-0.15, -0.1) is 0 Å². The maximum atomic E-state index is 12.6. The Kier molecular flexibility index (Phi) is 4.91. The Labute approximate surface area is 167 Å². The van der Waals surface area contributed by atoms with Crippen molar-refractivity contribution >= 4 is 34.3 Å². The van der Waals surface area contributed by atoms with E-state index in [-0.39, 0.29) is 11.4 Å². The highest BCUT2D eigenvalue weighted by Gasteiger charge is 2.30. The highest BCUT2D eigenvalue weighted by atomic mass is 32.2. The zero-order chi connectivity index (χ0) is 20.6. The first-order valence-corrected chi connectivity index (χ1v) is 9.40. The number of halogens is 3. The van der Waals surface area contributed by atoms with Gasteiger partial charge in [0.05, 0.1) is 18.3 Å². The smallest absolute Gasteiger partial charge is 0.352 e. The minimum absolute atomic E-state index is 0.0987. The summed E-state index contributed by atoms with van der Waals surface area (Å²) in [7, 11) is 1.96. The van der Waals surface area contributed by atoms with E-state index in [4.69, 9.17) is 0 Å². The number of fused-ring (bicyclic) bond motifs is 1. The standard InChI is InChI=1S/C18H15F3N6OS/c1-26-9-8-22-17(26)29-15-7-6-14-23-13(10-27(14)25-15)24-16(28)11-2-4-12(5-3-11)18(19,20)21/h2-7,10H,8-9H2,1H3,(H,24,28). The first-order valence-electron chi connectivity index (χ1n) is 8.58. The molecule has 1 aromatic carbocycles. The number of amidine groups is 1. The number of amides is 1. The molecule has 1 aliphatic heterocycles. The summed E-state index contributed by atoms with van der Waals surface area (Å²) >= 11 is 1.43. The summed E-state index contributed by atoms with van der Waals surface area (Å²) in [4.78, 5) is 23.0. The van der Waals surface area contributed by atoms with E-state index >= 15 is 0 Å². The molecule has 3 aromatic rings. The Bertz CT molecular complexity index is 1090. The number of benzene rings is 1. The van der Waals surface area contributed by atoms with Gasteiger partial charge in [-0.25, -0.2) is 9.50 Å². The molecule has 29 heavy (non-hydrogen) atoms. The van der Waals surface area contributed by atoms with E-state index in [9.17, 15) is 18.0 Å². The Morgan fingerprint density at radius 1 is 1.17 bits per heavy atom. The molecule has 0 spiro atoms. The number of thioether (sulfide) groups is 1. The van der Waals surface area contributed by atoms with Gasteiger partial charge in [0.15, 0.2) is 16.6 Å². The van der Waals surface area contributed by atoms with Crippen LogP contribution in [0.2, 0.25) is 0 Å². The van der Waals surface area contributed by atoms with E-state index in [2.05, 4.69) is 20.4 Å². The van der Waals surface area contributed by atoms with Crippen LogP contribution in [-0.4, -0.2) is 50.7 Å². The summed E-state index contributed by atoms with van der Waals surface area (Å²) in [6, 6.07) is 7.56. The average Bonchev–Trinajstić information content (AvgIpc) is 3.26. The van der Waals surface area contributed by atoms with Crippen molar-refractivity contribution in [3.63, 3.8) is 0 Å². The van der Waals surface area contributed by atoms with E-state index in [1.807, 2.05) is 18.0 Å². The first-order chi connectivity index (χ1) is 13.8. The van der Waals surface area contributed by atoms with Crippen molar-refractivity contribution in [2.24, 2.45) is 4.99 Å². The van der Waals surface area contributed by atoms with Crippen LogP contribution in [0.15, 0.2) is 52.6 Å². The summed E-state index contributed by atoms with van der Waals surface area (Å²) in [5.74, 6) is -0.307. The molecule has 0 atom stereocenters. The Balaban J connectivity index is 1.48. The third kappa shape index (κ3) is 4.19.